The van der Waals surface area contributed by atoms with E-state index in [0.29, 0.717) is 11.0 Å². The number of benzene rings is 1. The molecule has 0 aliphatic carbocycles. The van der Waals surface area contributed by atoms with Crippen molar-refractivity contribution in [1.82, 2.24) is 9.55 Å². The van der Waals surface area contributed by atoms with Gasteiger partial charge >= 0.3 is 0 Å². The van der Waals surface area contributed by atoms with Crippen LogP contribution in [-0.4, -0.2) is 21.5 Å². The zero-order valence-electron chi connectivity index (χ0n) is 11.4. The molecule has 0 spiro atoms. The number of aryl methyl sites for hydroxylation is 1. The molecule has 1 amide bonds. The number of primary amides is 1. The predicted molar refractivity (Wildman–Crippen MR) is 83.9 cm³/mol. The molecule has 3 N–H and O–H groups in total. The minimum atomic E-state index is -0.707. The van der Waals surface area contributed by atoms with Crippen LogP contribution in [0.1, 0.15) is 5.56 Å². The molecule has 2 rings (SSSR count). The fourth-order valence-electron chi connectivity index (χ4n) is 1.90. The highest BCUT2D eigenvalue weighted by Crippen LogP contribution is 2.09. The largest absolute Gasteiger partial charge is 0.368 e. The van der Waals surface area contributed by atoms with E-state index in [0.717, 1.165) is 5.56 Å². The Kier molecular flexibility index (Phi) is 4.74. The Morgan fingerprint density at radius 2 is 2.10 bits per heavy atom. The number of carbonyl (C=O) groups excluding carboxylic acids is 1. The number of amides is 1. The predicted octanol–water partition coefficient (Wildman–Crippen LogP) is 1.05. The fraction of sp³-hybridized carbons (Fsp3) is 0.214. The summed E-state index contributed by atoms with van der Waals surface area (Å²) in [5, 5.41) is 2.83. The summed E-state index contributed by atoms with van der Waals surface area (Å²) < 4.78 is 1.87. The monoisotopic (exact) mass is 350 g/mol. The molecule has 1 aromatic heterocycles. The van der Waals surface area contributed by atoms with Crippen molar-refractivity contribution in [3.63, 3.8) is 0 Å². The van der Waals surface area contributed by atoms with Crippen LogP contribution in [0, 0.1) is 0 Å². The number of rotatable bonds is 5. The van der Waals surface area contributed by atoms with E-state index in [1.165, 1.54) is 4.57 Å². The topological polar surface area (TPSA) is 90.0 Å². The molecule has 1 heterocycles. The van der Waals surface area contributed by atoms with Crippen molar-refractivity contribution in [3.05, 3.63) is 57.0 Å². The van der Waals surface area contributed by atoms with Crippen molar-refractivity contribution < 1.29 is 4.79 Å². The summed E-state index contributed by atoms with van der Waals surface area (Å²) in [5.41, 5.74) is 6.03. The van der Waals surface area contributed by atoms with Crippen molar-refractivity contribution in [2.45, 2.75) is 12.5 Å². The maximum atomic E-state index is 12.0. The maximum absolute atomic E-state index is 12.0. The van der Waals surface area contributed by atoms with Crippen molar-refractivity contribution in [2.75, 3.05) is 5.32 Å². The van der Waals surface area contributed by atoms with E-state index < -0.39 is 11.9 Å². The van der Waals surface area contributed by atoms with E-state index in [9.17, 15) is 9.59 Å². The van der Waals surface area contributed by atoms with Crippen LogP contribution < -0.4 is 16.6 Å². The highest BCUT2D eigenvalue weighted by Gasteiger charge is 2.18. The lowest BCUT2D eigenvalue weighted by Gasteiger charge is -2.16. The molecule has 1 aromatic carbocycles. The molecular weight excluding hydrogens is 336 g/mol. The van der Waals surface area contributed by atoms with E-state index in [-0.39, 0.29) is 11.4 Å². The second kappa shape index (κ2) is 6.53. The van der Waals surface area contributed by atoms with Crippen LogP contribution in [0.25, 0.3) is 0 Å². The summed E-state index contributed by atoms with van der Waals surface area (Å²) in [6, 6.07) is 8.73. The minimum Gasteiger partial charge on any atom is -0.368 e. The van der Waals surface area contributed by atoms with Gasteiger partial charge in [-0.15, -0.1) is 0 Å². The van der Waals surface area contributed by atoms with E-state index >= 15 is 0 Å². The van der Waals surface area contributed by atoms with E-state index in [2.05, 4.69) is 26.2 Å². The van der Waals surface area contributed by atoms with E-state index in [1.807, 2.05) is 30.3 Å². The van der Waals surface area contributed by atoms with Gasteiger partial charge in [0.15, 0.2) is 5.82 Å². The molecule has 21 heavy (non-hydrogen) atoms. The lowest BCUT2D eigenvalue weighted by molar-refractivity contribution is -0.118. The number of hydrogen-bond donors (Lipinski definition) is 2. The van der Waals surface area contributed by atoms with Gasteiger partial charge in [-0.25, -0.2) is 4.98 Å². The second-order valence-electron chi connectivity index (χ2n) is 4.62. The number of nitrogens with zero attached hydrogens (tertiary/aromatic N) is 2. The van der Waals surface area contributed by atoms with Crippen LogP contribution in [0.2, 0.25) is 0 Å². The quantitative estimate of drug-likeness (QED) is 0.843. The average Bonchev–Trinajstić information content (AvgIpc) is 2.44. The zero-order chi connectivity index (χ0) is 15.4. The number of carbonyl (C=O) groups is 1. The third-order valence-electron chi connectivity index (χ3n) is 2.98. The first-order chi connectivity index (χ1) is 9.97. The van der Waals surface area contributed by atoms with Crippen molar-refractivity contribution in [1.29, 1.82) is 0 Å². The summed E-state index contributed by atoms with van der Waals surface area (Å²) in [5.74, 6) is -0.450. The van der Waals surface area contributed by atoms with Gasteiger partial charge in [0.2, 0.25) is 5.91 Å². The number of anilines is 1. The second-order valence-corrected chi connectivity index (χ2v) is 5.43. The average molecular weight is 351 g/mol. The van der Waals surface area contributed by atoms with Crippen LogP contribution in [0.4, 0.5) is 5.82 Å². The van der Waals surface area contributed by atoms with Gasteiger partial charge in [0.05, 0.1) is 0 Å². The Morgan fingerprint density at radius 3 is 2.71 bits per heavy atom. The molecule has 0 bridgehead atoms. The number of halogens is 1. The molecular formula is C14H15BrN4O2. The summed E-state index contributed by atoms with van der Waals surface area (Å²) in [7, 11) is 1.61. The highest BCUT2D eigenvalue weighted by atomic mass is 79.9. The third kappa shape index (κ3) is 3.91. The SMILES string of the molecule is Cn1cc(Br)nc(N[C@@H](Cc2ccccc2)C(N)=O)c1=O. The van der Waals surface area contributed by atoms with Gasteiger partial charge < -0.3 is 15.6 Å². The van der Waals surface area contributed by atoms with Gasteiger partial charge in [0.25, 0.3) is 5.56 Å². The molecule has 1 atom stereocenters. The summed E-state index contributed by atoms with van der Waals surface area (Å²) >= 11 is 3.21. The molecule has 6 nitrogen and oxygen atoms in total. The first-order valence-corrected chi connectivity index (χ1v) is 7.09. The maximum Gasteiger partial charge on any atom is 0.293 e. The molecule has 0 aliphatic rings. The third-order valence-corrected chi connectivity index (χ3v) is 3.36. The molecule has 110 valence electrons. The standard InChI is InChI=1S/C14H15BrN4O2/c1-19-8-11(15)18-13(14(19)21)17-10(12(16)20)7-9-5-3-2-4-6-9/h2-6,8,10H,7H2,1H3,(H2,16,20)(H,17,18)/t10-/m0/s1. The summed E-state index contributed by atoms with van der Waals surface area (Å²) in [6.45, 7) is 0. The Labute approximate surface area is 130 Å². The van der Waals surface area contributed by atoms with Gasteiger partial charge in [-0.05, 0) is 21.5 Å². The van der Waals surface area contributed by atoms with Gasteiger partial charge in [-0.2, -0.15) is 0 Å². The van der Waals surface area contributed by atoms with Crippen molar-refractivity contribution in [3.8, 4) is 0 Å². The Hall–Kier alpha value is -2.15. The molecule has 0 fully saturated rings. The van der Waals surface area contributed by atoms with Crippen LogP contribution in [0.3, 0.4) is 0 Å². The lowest BCUT2D eigenvalue weighted by atomic mass is 10.1. The molecule has 0 radical (unpaired) electrons. The first kappa shape index (κ1) is 15.2. The fourth-order valence-corrected chi connectivity index (χ4v) is 2.39. The molecule has 0 unspecified atom stereocenters. The van der Waals surface area contributed by atoms with Crippen molar-refractivity contribution in [2.24, 2.45) is 12.8 Å². The van der Waals surface area contributed by atoms with Crippen LogP contribution >= 0.6 is 15.9 Å². The minimum absolute atomic E-state index is 0.0895. The first-order valence-electron chi connectivity index (χ1n) is 6.30. The van der Waals surface area contributed by atoms with E-state index in [4.69, 9.17) is 5.73 Å². The number of nitrogens with two attached hydrogens (primary N) is 1. The van der Waals surface area contributed by atoms with Crippen LogP contribution in [-0.2, 0) is 18.3 Å². The summed E-state index contributed by atoms with van der Waals surface area (Å²) in [4.78, 5) is 27.7. The highest BCUT2D eigenvalue weighted by molar-refractivity contribution is 9.10. The molecule has 2 aromatic rings. The lowest BCUT2D eigenvalue weighted by Crippen LogP contribution is -2.39. The van der Waals surface area contributed by atoms with Gasteiger partial charge in [-0.1, -0.05) is 30.3 Å². The van der Waals surface area contributed by atoms with Gasteiger partial charge in [-0.3, -0.25) is 9.59 Å². The Morgan fingerprint density at radius 1 is 1.43 bits per heavy atom. The number of hydrogen-bond acceptors (Lipinski definition) is 4. The Bertz CT molecular complexity index is 700. The zero-order valence-corrected chi connectivity index (χ0v) is 13.0. The van der Waals surface area contributed by atoms with Crippen LogP contribution in [0.5, 0.6) is 0 Å². The summed E-state index contributed by atoms with van der Waals surface area (Å²) in [6.07, 6.45) is 1.93. The smallest absolute Gasteiger partial charge is 0.293 e. The molecule has 0 saturated carbocycles. The van der Waals surface area contributed by atoms with Gasteiger partial charge in [0, 0.05) is 19.7 Å². The molecule has 7 heteroatoms. The normalized spacial score (nSPS) is 11.9. The molecule has 0 saturated heterocycles. The molecule has 0 aliphatic heterocycles. The van der Waals surface area contributed by atoms with Gasteiger partial charge in [0.1, 0.15) is 10.6 Å². The number of aromatic nitrogens is 2. The Balaban J connectivity index is 2.25. The van der Waals surface area contributed by atoms with Crippen molar-refractivity contribution >= 4 is 27.7 Å². The number of nitrogens with one attached hydrogen (secondary N) is 1. The van der Waals surface area contributed by atoms with E-state index in [1.54, 1.807) is 13.2 Å². The van der Waals surface area contributed by atoms with Crippen LogP contribution in [0.15, 0.2) is 45.9 Å².